The van der Waals surface area contributed by atoms with E-state index in [-0.39, 0.29) is 28.2 Å². The highest BCUT2D eigenvalue weighted by molar-refractivity contribution is 6.34. The first kappa shape index (κ1) is 13.8. The third-order valence-corrected chi connectivity index (χ3v) is 2.94. The van der Waals surface area contributed by atoms with Gasteiger partial charge in [-0.05, 0) is 18.2 Å². The minimum atomic E-state index is -0.504. The lowest BCUT2D eigenvalue weighted by atomic mass is 10.2. The molecular formula is C13H9Cl2FN2O. The average molecular weight is 299 g/mol. The SMILES string of the molecule is O=C(NCc1ccccc1F)c1nc(Cl)ccc1Cl. The van der Waals surface area contributed by atoms with Gasteiger partial charge >= 0.3 is 0 Å². The van der Waals surface area contributed by atoms with Gasteiger partial charge in [-0.1, -0.05) is 41.4 Å². The number of aromatic nitrogens is 1. The highest BCUT2D eigenvalue weighted by Crippen LogP contribution is 2.17. The Kier molecular flexibility index (Phi) is 4.35. The molecule has 3 nitrogen and oxygen atoms in total. The Hall–Kier alpha value is -1.65. The zero-order valence-corrected chi connectivity index (χ0v) is 11.2. The zero-order valence-electron chi connectivity index (χ0n) is 9.66. The summed E-state index contributed by atoms with van der Waals surface area (Å²) in [6, 6.07) is 9.15. The second kappa shape index (κ2) is 5.99. The molecule has 0 radical (unpaired) electrons. The van der Waals surface area contributed by atoms with Crippen molar-refractivity contribution in [3.05, 3.63) is 63.6 Å². The summed E-state index contributed by atoms with van der Waals surface area (Å²) in [5.41, 5.74) is 0.402. The van der Waals surface area contributed by atoms with Crippen molar-refractivity contribution in [3.8, 4) is 0 Å². The number of hydrogen-bond donors (Lipinski definition) is 1. The van der Waals surface area contributed by atoms with Crippen LogP contribution in [0.2, 0.25) is 10.2 Å². The molecule has 0 spiro atoms. The second-order valence-corrected chi connectivity index (χ2v) is 4.53. The van der Waals surface area contributed by atoms with Gasteiger partial charge in [-0.3, -0.25) is 4.79 Å². The number of benzene rings is 1. The van der Waals surface area contributed by atoms with Crippen molar-refractivity contribution in [2.75, 3.05) is 0 Å². The molecule has 1 aromatic carbocycles. The average Bonchev–Trinajstić information content (AvgIpc) is 2.40. The minimum absolute atomic E-state index is 0.0190. The smallest absolute Gasteiger partial charge is 0.271 e. The molecule has 0 atom stereocenters. The molecule has 1 amide bonds. The molecule has 0 unspecified atom stereocenters. The van der Waals surface area contributed by atoms with Gasteiger partial charge < -0.3 is 5.32 Å². The van der Waals surface area contributed by atoms with E-state index >= 15 is 0 Å². The fourth-order valence-corrected chi connectivity index (χ4v) is 1.82. The summed E-state index contributed by atoms with van der Waals surface area (Å²) < 4.78 is 13.4. The lowest BCUT2D eigenvalue weighted by molar-refractivity contribution is 0.0946. The van der Waals surface area contributed by atoms with E-state index in [4.69, 9.17) is 23.2 Å². The van der Waals surface area contributed by atoms with Gasteiger partial charge in [0.15, 0.2) is 0 Å². The highest BCUT2D eigenvalue weighted by Gasteiger charge is 2.13. The summed E-state index contributed by atoms with van der Waals surface area (Å²) in [5, 5.41) is 2.90. The van der Waals surface area contributed by atoms with Crippen molar-refractivity contribution in [3.63, 3.8) is 0 Å². The van der Waals surface area contributed by atoms with Crippen LogP contribution in [0.4, 0.5) is 4.39 Å². The third kappa shape index (κ3) is 3.43. The first-order chi connectivity index (χ1) is 9.08. The van der Waals surface area contributed by atoms with Gasteiger partial charge in [0, 0.05) is 12.1 Å². The third-order valence-electron chi connectivity index (χ3n) is 2.42. The summed E-state index contributed by atoms with van der Waals surface area (Å²) in [5.74, 6) is -0.885. The van der Waals surface area contributed by atoms with E-state index in [2.05, 4.69) is 10.3 Å². The molecule has 19 heavy (non-hydrogen) atoms. The van der Waals surface area contributed by atoms with Gasteiger partial charge in [-0.25, -0.2) is 9.37 Å². The summed E-state index contributed by atoms with van der Waals surface area (Å²) >= 11 is 11.5. The van der Waals surface area contributed by atoms with Crippen LogP contribution in [0.3, 0.4) is 0 Å². The number of carbonyl (C=O) groups excluding carboxylic acids is 1. The molecule has 1 N–H and O–H groups in total. The van der Waals surface area contributed by atoms with Crippen molar-refractivity contribution in [2.24, 2.45) is 0 Å². The van der Waals surface area contributed by atoms with Crippen LogP contribution in [0.15, 0.2) is 36.4 Å². The number of nitrogens with one attached hydrogen (secondary N) is 1. The fourth-order valence-electron chi connectivity index (χ4n) is 1.48. The van der Waals surface area contributed by atoms with Crippen molar-refractivity contribution < 1.29 is 9.18 Å². The lowest BCUT2D eigenvalue weighted by Gasteiger charge is -2.07. The molecule has 0 bridgehead atoms. The van der Waals surface area contributed by atoms with E-state index in [0.29, 0.717) is 5.56 Å². The Labute approximate surface area is 119 Å². The molecule has 2 aromatic rings. The van der Waals surface area contributed by atoms with Crippen LogP contribution in [-0.4, -0.2) is 10.9 Å². The van der Waals surface area contributed by atoms with Gasteiger partial charge in [0.05, 0.1) is 5.02 Å². The first-order valence-electron chi connectivity index (χ1n) is 5.41. The Balaban J connectivity index is 2.10. The molecule has 6 heteroatoms. The van der Waals surface area contributed by atoms with Crippen molar-refractivity contribution in [1.29, 1.82) is 0 Å². The number of halogens is 3. The molecule has 2 rings (SSSR count). The van der Waals surface area contributed by atoms with Crippen molar-refractivity contribution in [1.82, 2.24) is 10.3 Å². The number of hydrogen-bond acceptors (Lipinski definition) is 2. The fraction of sp³-hybridized carbons (Fsp3) is 0.0769. The summed E-state index contributed by atoms with van der Waals surface area (Å²) in [4.78, 5) is 15.7. The van der Waals surface area contributed by atoms with E-state index in [1.807, 2.05) is 0 Å². The zero-order chi connectivity index (χ0) is 13.8. The largest absolute Gasteiger partial charge is 0.346 e. The molecule has 1 heterocycles. The van der Waals surface area contributed by atoms with Crippen LogP contribution >= 0.6 is 23.2 Å². The van der Waals surface area contributed by atoms with E-state index in [1.165, 1.54) is 18.2 Å². The standard InChI is InChI=1S/C13H9Cl2FN2O/c14-9-5-6-11(15)18-12(9)13(19)17-7-8-3-1-2-4-10(8)16/h1-6H,7H2,(H,17,19). The predicted molar refractivity (Wildman–Crippen MR) is 71.8 cm³/mol. The predicted octanol–water partition coefficient (Wildman–Crippen LogP) is 3.46. The van der Waals surface area contributed by atoms with Crippen LogP contribution in [0.5, 0.6) is 0 Å². The lowest BCUT2D eigenvalue weighted by Crippen LogP contribution is -2.24. The molecule has 1 aromatic heterocycles. The number of carbonyl (C=O) groups is 1. The van der Waals surface area contributed by atoms with E-state index < -0.39 is 5.91 Å². The molecule has 0 saturated heterocycles. The van der Waals surface area contributed by atoms with Gasteiger partial charge in [0.25, 0.3) is 5.91 Å². The Morgan fingerprint density at radius 3 is 2.68 bits per heavy atom. The van der Waals surface area contributed by atoms with Crippen LogP contribution in [0.25, 0.3) is 0 Å². The maximum absolute atomic E-state index is 13.4. The summed E-state index contributed by atoms with van der Waals surface area (Å²) in [6.07, 6.45) is 0. The second-order valence-electron chi connectivity index (χ2n) is 3.74. The normalized spacial score (nSPS) is 10.3. The van der Waals surface area contributed by atoms with Gasteiger partial charge in [0.2, 0.25) is 0 Å². The highest BCUT2D eigenvalue weighted by atomic mass is 35.5. The Morgan fingerprint density at radius 1 is 1.21 bits per heavy atom. The van der Waals surface area contributed by atoms with Gasteiger partial charge in [-0.15, -0.1) is 0 Å². The van der Waals surface area contributed by atoms with Crippen LogP contribution in [-0.2, 0) is 6.54 Å². The topological polar surface area (TPSA) is 42.0 Å². The summed E-state index contributed by atoms with van der Waals surface area (Å²) in [6.45, 7) is 0.0516. The number of nitrogens with zero attached hydrogens (tertiary/aromatic N) is 1. The maximum Gasteiger partial charge on any atom is 0.271 e. The van der Waals surface area contributed by atoms with Crippen LogP contribution < -0.4 is 5.32 Å². The van der Waals surface area contributed by atoms with Gasteiger partial charge in [-0.2, -0.15) is 0 Å². The quantitative estimate of drug-likeness (QED) is 0.882. The minimum Gasteiger partial charge on any atom is -0.346 e. The summed E-state index contributed by atoms with van der Waals surface area (Å²) in [7, 11) is 0. The molecule has 0 saturated carbocycles. The van der Waals surface area contributed by atoms with E-state index in [1.54, 1.807) is 18.2 Å². The Morgan fingerprint density at radius 2 is 1.95 bits per heavy atom. The van der Waals surface area contributed by atoms with Crippen molar-refractivity contribution in [2.45, 2.75) is 6.54 Å². The van der Waals surface area contributed by atoms with E-state index in [0.717, 1.165) is 0 Å². The van der Waals surface area contributed by atoms with Crippen LogP contribution in [0.1, 0.15) is 16.1 Å². The monoisotopic (exact) mass is 298 g/mol. The molecule has 0 aliphatic heterocycles. The number of amides is 1. The maximum atomic E-state index is 13.4. The van der Waals surface area contributed by atoms with E-state index in [9.17, 15) is 9.18 Å². The number of pyridine rings is 1. The Bertz CT molecular complexity index is 619. The number of rotatable bonds is 3. The molecule has 98 valence electrons. The van der Waals surface area contributed by atoms with Crippen molar-refractivity contribution >= 4 is 29.1 Å². The molecule has 0 fully saturated rings. The molecular weight excluding hydrogens is 290 g/mol. The molecule has 0 aliphatic carbocycles. The van der Waals surface area contributed by atoms with Gasteiger partial charge in [0.1, 0.15) is 16.7 Å². The first-order valence-corrected chi connectivity index (χ1v) is 6.17. The molecule has 0 aliphatic rings. The van der Waals surface area contributed by atoms with Crippen LogP contribution in [0, 0.1) is 5.82 Å².